The minimum atomic E-state index is -1.01. The first-order valence-corrected chi connectivity index (χ1v) is 9.91. The van der Waals surface area contributed by atoms with Crippen molar-refractivity contribution in [2.45, 2.75) is 32.7 Å². The molecule has 0 aromatic heterocycles. The fourth-order valence-electron chi connectivity index (χ4n) is 5.41. The van der Waals surface area contributed by atoms with Crippen LogP contribution in [-0.4, -0.2) is 43.0 Å². The summed E-state index contributed by atoms with van der Waals surface area (Å²) in [5.74, 6) is -1.42. The van der Waals surface area contributed by atoms with Crippen molar-refractivity contribution in [1.82, 2.24) is 4.90 Å². The maximum atomic E-state index is 13.0. The summed E-state index contributed by atoms with van der Waals surface area (Å²) in [6.07, 6.45) is 2.85. The highest BCUT2D eigenvalue weighted by molar-refractivity contribution is 5.85. The zero-order valence-electron chi connectivity index (χ0n) is 15.4. The Morgan fingerprint density at radius 3 is 2.31 bits per heavy atom. The monoisotopic (exact) mass is 356 g/mol. The number of benzene rings is 1. The van der Waals surface area contributed by atoms with Gasteiger partial charge in [-0.05, 0) is 38.0 Å². The summed E-state index contributed by atoms with van der Waals surface area (Å²) >= 11 is 0. The largest absolute Gasteiger partial charge is 0.550 e. The van der Waals surface area contributed by atoms with Crippen molar-refractivity contribution in [2.75, 3.05) is 26.2 Å². The normalized spacial score (nSPS) is 31.3. The van der Waals surface area contributed by atoms with Gasteiger partial charge in [-0.2, -0.15) is 0 Å². The Hall–Kier alpha value is -1.88. The van der Waals surface area contributed by atoms with Gasteiger partial charge in [-0.1, -0.05) is 29.8 Å². The Bertz CT molecular complexity index is 679. The molecular weight excluding hydrogens is 328 g/mol. The second-order valence-electron chi connectivity index (χ2n) is 8.44. The third-order valence-electron chi connectivity index (χ3n) is 6.83. The van der Waals surface area contributed by atoms with E-state index in [2.05, 4.69) is 31.2 Å². The number of quaternary nitrogens is 1. The van der Waals surface area contributed by atoms with Gasteiger partial charge in [-0.3, -0.25) is 4.79 Å². The maximum Gasteiger partial charge on any atom is 0.227 e. The zero-order valence-corrected chi connectivity index (χ0v) is 15.4. The molecule has 5 heteroatoms. The summed E-state index contributed by atoms with van der Waals surface area (Å²) in [6, 6.07) is 8.65. The van der Waals surface area contributed by atoms with Crippen molar-refractivity contribution in [2.24, 2.45) is 23.7 Å². The summed E-state index contributed by atoms with van der Waals surface area (Å²) in [7, 11) is 0. The molecule has 4 atom stereocenters. The van der Waals surface area contributed by atoms with Gasteiger partial charge in [0.1, 0.15) is 6.54 Å². The highest BCUT2D eigenvalue weighted by Crippen LogP contribution is 2.52. The van der Waals surface area contributed by atoms with Crippen molar-refractivity contribution in [3.05, 3.63) is 35.4 Å². The first-order valence-electron chi connectivity index (χ1n) is 9.91. The van der Waals surface area contributed by atoms with Crippen LogP contribution >= 0.6 is 0 Å². The van der Waals surface area contributed by atoms with E-state index in [9.17, 15) is 14.7 Å². The predicted octanol–water partition coefficient (Wildman–Crippen LogP) is -0.366. The lowest BCUT2D eigenvalue weighted by molar-refractivity contribution is -0.917. The molecule has 140 valence electrons. The van der Waals surface area contributed by atoms with Crippen LogP contribution in [0.25, 0.3) is 0 Å². The Morgan fingerprint density at radius 2 is 1.69 bits per heavy atom. The van der Waals surface area contributed by atoms with Crippen LogP contribution in [-0.2, 0) is 16.1 Å². The highest BCUT2D eigenvalue weighted by atomic mass is 16.4. The van der Waals surface area contributed by atoms with Gasteiger partial charge in [0.25, 0.3) is 0 Å². The number of nitrogens with one attached hydrogen (secondary N) is 1. The number of aryl methyl sites for hydroxylation is 1. The van der Waals surface area contributed by atoms with E-state index in [1.54, 1.807) is 0 Å². The fraction of sp³-hybridized carbons (Fsp3) is 0.619. The van der Waals surface area contributed by atoms with Crippen LogP contribution in [0.5, 0.6) is 0 Å². The van der Waals surface area contributed by atoms with Crippen molar-refractivity contribution in [1.29, 1.82) is 0 Å². The summed E-state index contributed by atoms with van der Waals surface area (Å²) in [5.41, 5.74) is 2.60. The van der Waals surface area contributed by atoms with E-state index in [0.717, 1.165) is 52.0 Å². The van der Waals surface area contributed by atoms with Crippen LogP contribution < -0.4 is 10.0 Å². The minimum absolute atomic E-state index is 0.0702. The average molecular weight is 356 g/mol. The van der Waals surface area contributed by atoms with Crippen molar-refractivity contribution in [3.63, 3.8) is 0 Å². The number of carboxylic acid groups (broad SMARTS) is 1. The maximum absolute atomic E-state index is 13.0. The van der Waals surface area contributed by atoms with Gasteiger partial charge < -0.3 is 19.7 Å². The SMILES string of the molecule is Cc1ccc(C[NH+]2CCN(C(=O)[C@H]3[C@@H]4CC[C@@H](C4)[C@@H]3C(=O)[O-])CC2)cc1. The number of carboxylic acids is 1. The molecular formula is C21H28N2O3. The third-order valence-corrected chi connectivity index (χ3v) is 6.83. The molecule has 3 aliphatic rings. The number of carbonyl (C=O) groups excluding carboxylic acids is 2. The van der Waals surface area contributed by atoms with Gasteiger partial charge in [0.2, 0.25) is 5.91 Å². The number of hydrogen-bond acceptors (Lipinski definition) is 3. The molecule has 1 saturated heterocycles. The Labute approximate surface area is 155 Å². The molecule has 0 spiro atoms. The van der Waals surface area contributed by atoms with Crippen molar-refractivity contribution >= 4 is 11.9 Å². The van der Waals surface area contributed by atoms with E-state index in [-0.39, 0.29) is 23.7 Å². The molecule has 1 aromatic carbocycles. The number of nitrogens with zero attached hydrogens (tertiary/aromatic N) is 1. The van der Waals surface area contributed by atoms with E-state index in [0.29, 0.717) is 0 Å². The first-order chi connectivity index (χ1) is 12.5. The molecule has 1 aromatic rings. The molecule has 4 rings (SSSR count). The van der Waals surface area contributed by atoms with Crippen LogP contribution in [0.1, 0.15) is 30.4 Å². The van der Waals surface area contributed by atoms with E-state index in [1.165, 1.54) is 16.0 Å². The predicted molar refractivity (Wildman–Crippen MR) is 95.0 cm³/mol. The second-order valence-corrected chi connectivity index (χ2v) is 8.44. The Kier molecular flexibility index (Phi) is 4.74. The van der Waals surface area contributed by atoms with Crippen LogP contribution in [0.4, 0.5) is 0 Å². The van der Waals surface area contributed by atoms with Gasteiger partial charge in [-0.25, -0.2) is 0 Å². The standard InChI is InChI=1S/C21H28N2O3/c1-14-2-4-15(5-3-14)13-22-8-10-23(11-9-22)20(24)18-16-6-7-17(12-16)19(18)21(25)26/h2-5,16-19H,6-13H2,1H3,(H,25,26)/t16-,17+,18+,19+/m1/s1. The summed E-state index contributed by atoms with van der Waals surface area (Å²) in [5, 5.41) is 11.6. The number of rotatable bonds is 4. The molecule has 0 radical (unpaired) electrons. The topological polar surface area (TPSA) is 64.9 Å². The lowest BCUT2D eigenvalue weighted by Gasteiger charge is -2.38. The highest BCUT2D eigenvalue weighted by Gasteiger charge is 2.52. The van der Waals surface area contributed by atoms with Crippen LogP contribution in [0.15, 0.2) is 24.3 Å². The molecule has 1 aliphatic heterocycles. The molecule has 0 unspecified atom stereocenters. The summed E-state index contributed by atoms with van der Waals surface area (Å²) in [6.45, 7) is 6.39. The number of amides is 1. The van der Waals surface area contributed by atoms with Crippen LogP contribution in [0.3, 0.4) is 0 Å². The van der Waals surface area contributed by atoms with Gasteiger partial charge in [0.05, 0.1) is 26.2 Å². The second kappa shape index (κ2) is 7.03. The van der Waals surface area contributed by atoms with Gasteiger partial charge in [0.15, 0.2) is 0 Å². The smallest absolute Gasteiger partial charge is 0.227 e. The fourth-order valence-corrected chi connectivity index (χ4v) is 5.41. The van der Waals surface area contributed by atoms with Gasteiger partial charge in [0, 0.05) is 23.4 Å². The van der Waals surface area contributed by atoms with E-state index >= 15 is 0 Å². The molecule has 1 N–H and O–H groups in total. The van der Waals surface area contributed by atoms with Crippen molar-refractivity contribution < 1.29 is 19.6 Å². The van der Waals surface area contributed by atoms with Crippen molar-refractivity contribution in [3.8, 4) is 0 Å². The number of hydrogen-bond donors (Lipinski definition) is 1. The molecule has 2 bridgehead atoms. The van der Waals surface area contributed by atoms with E-state index in [4.69, 9.17) is 0 Å². The van der Waals surface area contributed by atoms with Gasteiger partial charge in [-0.15, -0.1) is 0 Å². The molecule has 5 nitrogen and oxygen atoms in total. The average Bonchev–Trinajstić information content (AvgIpc) is 3.25. The molecule has 26 heavy (non-hydrogen) atoms. The first kappa shape index (κ1) is 17.5. The Balaban J connectivity index is 1.35. The molecule has 2 saturated carbocycles. The number of fused-ring (bicyclic) bond motifs is 2. The molecule has 2 aliphatic carbocycles. The Morgan fingerprint density at radius 1 is 1.08 bits per heavy atom. The molecule has 1 heterocycles. The lowest BCUT2D eigenvalue weighted by Crippen LogP contribution is -3.13. The quantitative estimate of drug-likeness (QED) is 0.801. The number of aliphatic carboxylic acids is 1. The summed E-state index contributed by atoms with van der Waals surface area (Å²) in [4.78, 5) is 28.0. The minimum Gasteiger partial charge on any atom is -0.550 e. The third kappa shape index (κ3) is 3.25. The lowest BCUT2D eigenvalue weighted by atomic mass is 9.78. The van der Waals surface area contributed by atoms with Gasteiger partial charge >= 0.3 is 0 Å². The van der Waals surface area contributed by atoms with E-state index < -0.39 is 11.9 Å². The number of carbonyl (C=O) groups is 2. The van der Waals surface area contributed by atoms with Crippen LogP contribution in [0.2, 0.25) is 0 Å². The number of piperazine rings is 1. The zero-order chi connectivity index (χ0) is 18.3. The molecule has 3 fully saturated rings. The molecule has 1 amide bonds. The van der Waals surface area contributed by atoms with Crippen LogP contribution in [0, 0.1) is 30.6 Å². The van der Waals surface area contributed by atoms with E-state index in [1.807, 2.05) is 4.90 Å². The summed E-state index contributed by atoms with van der Waals surface area (Å²) < 4.78 is 0.